The van der Waals surface area contributed by atoms with Gasteiger partial charge in [0, 0.05) is 52.2 Å². The average Bonchev–Trinajstić information content (AvgIpc) is 3.35. The minimum absolute atomic E-state index is 0.00896. The van der Waals surface area contributed by atoms with Crippen molar-refractivity contribution in [3.05, 3.63) is 205 Å². The van der Waals surface area contributed by atoms with Crippen molar-refractivity contribution in [1.82, 2.24) is 5.32 Å². The Morgan fingerprint density at radius 1 is 0.453 bits per heavy atom. The summed E-state index contributed by atoms with van der Waals surface area (Å²) >= 11 is 0. The fourth-order valence-electron chi connectivity index (χ4n) is 10.2. The highest BCUT2D eigenvalue weighted by atomic mass is 16.3. The smallest absolute Gasteiger partial charge is 0.132 e. The van der Waals surface area contributed by atoms with Gasteiger partial charge in [0.25, 0.3) is 0 Å². The van der Waals surface area contributed by atoms with Crippen LogP contribution in [0.4, 0.5) is 0 Å². The Bertz CT molecular complexity index is 3380. The molecule has 10 aromatic carbocycles. The Balaban J connectivity index is 0.970. The molecule has 2 atom stereocenters. The standard InChI is InChI=1S/C60H48N2O2/c63-59-45(35-43-23-9-13-27-49(43)57(59)55-47-25-11-7-21-41(47)31-33-51(55)39-17-3-1-4-18-39)37-61-53-29-15-16-30-54(53)62-38-46-36-44-24-10-14-28-50(44)58(60(46)64)56-48-26-12-8-22-42(48)32-34-52(56)40-19-5-2-6-20-40/h1-14,17-28,31-37,53-54,62-64H,15-16,29-30,38H2/t53-,54-/m1/s1. The fraction of sp³-hybridized carbons (Fsp3) is 0.117. The second-order valence-corrected chi connectivity index (χ2v) is 17.2. The maximum Gasteiger partial charge on any atom is 0.132 e. The maximum absolute atomic E-state index is 12.5. The molecular formula is C60H48N2O2. The van der Waals surface area contributed by atoms with E-state index < -0.39 is 0 Å². The molecule has 1 aliphatic carbocycles. The van der Waals surface area contributed by atoms with Gasteiger partial charge in [0.15, 0.2) is 0 Å². The molecule has 1 fully saturated rings. The van der Waals surface area contributed by atoms with E-state index in [-0.39, 0.29) is 17.8 Å². The normalized spacial score (nSPS) is 15.4. The third-order valence-electron chi connectivity index (χ3n) is 13.4. The number of phenols is 2. The molecule has 4 nitrogen and oxygen atoms in total. The number of nitrogens with zero attached hydrogens (tertiary/aromatic N) is 1. The summed E-state index contributed by atoms with van der Waals surface area (Å²) < 4.78 is 0. The summed E-state index contributed by atoms with van der Waals surface area (Å²) in [6.45, 7) is 0.487. The highest BCUT2D eigenvalue weighted by Crippen LogP contribution is 2.48. The fourth-order valence-corrected chi connectivity index (χ4v) is 10.2. The monoisotopic (exact) mass is 828 g/mol. The minimum atomic E-state index is -0.00896. The van der Waals surface area contributed by atoms with Crippen LogP contribution < -0.4 is 5.32 Å². The number of phenolic OH excluding ortho intramolecular Hbond substituents is 2. The zero-order valence-corrected chi connectivity index (χ0v) is 35.6. The maximum atomic E-state index is 12.5. The van der Waals surface area contributed by atoms with Gasteiger partial charge in [-0.15, -0.1) is 0 Å². The van der Waals surface area contributed by atoms with Crippen molar-refractivity contribution in [1.29, 1.82) is 0 Å². The van der Waals surface area contributed by atoms with E-state index in [1.807, 2.05) is 24.4 Å². The first-order valence-corrected chi connectivity index (χ1v) is 22.5. The van der Waals surface area contributed by atoms with Gasteiger partial charge in [-0.1, -0.05) is 195 Å². The number of benzene rings is 10. The lowest BCUT2D eigenvalue weighted by Gasteiger charge is -2.30. The van der Waals surface area contributed by atoms with E-state index in [2.05, 4.69) is 181 Å². The molecule has 10 aromatic rings. The third-order valence-corrected chi connectivity index (χ3v) is 13.4. The second kappa shape index (κ2) is 17.0. The van der Waals surface area contributed by atoms with Crippen molar-refractivity contribution in [3.8, 4) is 56.0 Å². The molecule has 0 spiro atoms. The zero-order chi connectivity index (χ0) is 43.0. The number of aromatic hydroxyl groups is 2. The Kier molecular flexibility index (Phi) is 10.4. The predicted octanol–water partition coefficient (Wildman–Crippen LogP) is 14.9. The summed E-state index contributed by atoms with van der Waals surface area (Å²) in [6, 6.07) is 67.6. The molecule has 0 aromatic heterocycles. The van der Waals surface area contributed by atoms with Crippen LogP contribution in [0, 0.1) is 0 Å². The summed E-state index contributed by atoms with van der Waals surface area (Å²) in [5.41, 5.74) is 9.64. The van der Waals surface area contributed by atoms with Crippen LogP contribution in [-0.4, -0.2) is 28.5 Å². The van der Waals surface area contributed by atoms with Crippen LogP contribution in [0.25, 0.3) is 87.6 Å². The lowest BCUT2D eigenvalue weighted by molar-refractivity contribution is 0.327. The molecule has 3 N–H and O–H groups in total. The van der Waals surface area contributed by atoms with Gasteiger partial charge in [0.1, 0.15) is 11.5 Å². The SMILES string of the molecule is Oc1c(C=N[C@@H]2CCCC[C@H]2NCc2cc3ccccc3c(-c3c(-c4ccccc4)ccc4ccccc34)c2O)cc2ccccc2c1-c1c(-c2ccccc2)ccc2ccccc12. The first kappa shape index (κ1) is 39.3. The van der Waals surface area contributed by atoms with E-state index >= 15 is 0 Å². The van der Waals surface area contributed by atoms with Gasteiger partial charge >= 0.3 is 0 Å². The molecule has 0 saturated heterocycles. The molecule has 0 bridgehead atoms. The summed E-state index contributed by atoms with van der Waals surface area (Å²) in [5, 5.41) is 37.5. The van der Waals surface area contributed by atoms with Crippen molar-refractivity contribution in [2.75, 3.05) is 0 Å². The van der Waals surface area contributed by atoms with Crippen LogP contribution in [0.5, 0.6) is 11.5 Å². The summed E-state index contributed by atoms with van der Waals surface area (Å²) in [6.07, 6.45) is 5.99. The van der Waals surface area contributed by atoms with E-state index in [1.165, 1.54) is 0 Å². The molecule has 1 aliphatic rings. The third kappa shape index (κ3) is 7.16. The molecule has 0 radical (unpaired) electrons. The molecule has 0 heterocycles. The Morgan fingerprint density at radius 3 is 1.47 bits per heavy atom. The first-order chi connectivity index (χ1) is 31.6. The van der Waals surface area contributed by atoms with E-state index in [0.29, 0.717) is 17.9 Å². The van der Waals surface area contributed by atoms with Crippen molar-refractivity contribution in [3.63, 3.8) is 0 Å². The number of hydrogen-bond donors (Lipinski definition) is 3. The lowest BCUT2D eigenvalue weighted by atomic mass is 9.85. The number of nitrogens with one attached hydrogen (secondary N) is 1. The zero-order valence-electron chi connectivity index (χ0n) is 35.6. The first-order valence-electron chi connectivity index (χ1n) is 22.5. The number of fused-ring (bicyclic) bond motifs is 4. The van der Waals surface area contributed by atoms with E-state index in [4.69, 9.17) is 4.99 Å². The molecule has 0 unspecified atom stereocenters. The van der Waals surface area contributed by atoms with Crippen LogP contribution >= 0.6 is 0 Å². The summed E-state index contributed by atoms with van der Waals surface area (Å²) in [5.74, 6) is 0.528. The number of hydrogen-bond acceptors (Lipinski definition) is 4. The Labute approximate surface area is 373 Å². The molecule has 11 rings (SSSR count). The van der Waals surface area contributed by atoms with Crippen molar-refractivity contribution in [2.45, 2.75) is 44.3 Å². The van der Waals surface area contributed by atoms with Gasteiger partial charge in [-0.25, -0.2) is 0 Å². The second-order valence-electron chi connectivity index (χ2n) is 17.2. The highest BCUT2D eigenvalue weighted by molar-refractivity contribution is 6.15. The van der Waals surface area contributed by atoms with E-state index in [9.17, 15) is 10.2 Å². The molecule has 1 saturated carbocycles. The van der Waals surface area contributed by atoms with E-state index in [0.717, 1.165) is 119 Å². The van der Waals surface area contributed by atoms with Crippen LogP contribution in [-0.2, 0) is 6.54 Å². The van der Waals surface area contributed by atoms with Gasteiger partial charge in [0.2, 0.25) is 0 Å². The highest BCUT2D eigenvalue weighted by Gasteiger charge is 2.27. The molecule has 64 heavy (non-hydrogen) atoms. The number of aliphatic imine (C=N–C) groups is 1. The van der Waals surface area contributed by atoms with Gasteiger partial charge in [-0.05, 0) is 90.3 Å². The van der Waals surface area contributed by atoms with Gasteiger partial charge < -0.3 is 15.5 Å². The Hall–Kier alpha value is -7.53. The topological polar surface area (TPSA) is 64.9 Å². The lowest BCUT2D eigenvalue weighted by Crippen LogP contribution is -2.40. The minimum Gasteiger partial charge on any atom is -0.507 e. The molecule has 0 aliphatic heterocycles. The van der Waals surface area contributed by atoms with Crippen LogP contribution in [0.3, 0.4) is 0 Å². The van der Waals surface area contributed by atoms with Crippen molar-refractivity contribution < 1.29 is 10.2 Å². The molecule has 4 heteroatoms. The summed E-state index contributed by atoms with van der Waals surface area (Å²) in [4.78, 5) is 5.30. The molecular weight excluding hydrogens is 781 g/mol. The van der Waals surface area contributed by atoms with Crippen LogP contribution in [0.1, 0.15) is 36.8 Å². The number of rotatable bonds is 9. The van der Waals surface area contributed by atoms with Crippen molar-refractivity contribution in [2.24, 2.45) is 4.99 Å². The van der Waals surface area contributed by atoms with Crippen LogP contribution in [0.15, 0.2) is 199 Å². The largest absolute Gasteiger partial charge is 0.507 e. The van der Waals surface area contributed by atoms with Gasteiger partial charge in [-0.3, -0.25) is 4.99 Å². The molecule has 0 amide bonds. The van der Waals surface area contributed by atoms with Gasteiger partial charge in [-0.2, -0.15) is 0 Å². The van der Waals surface area contributed by atoms with Crippen molar-refractivity contribution >= 4 is 49.3 Å². The van der Waals surface area contributed by atoms with E-state index in [1.54, 1.807) is 0 Å². The summed E-state index contributed by atoms with van der Waals surface area (Å²) in [7, 11) is 0. The molecule has 310 valence electrons. The van der Waals surface area contributed by atoms with Crippen LogP contribution in [0.2, 0.25) is 0 Å². The average molecular weight is 829 g/mol. The Morgan fingerprint density at radius 2 is 0.906 bits per heavy atom. The van der Waals surface area contributed by atoms with Gasteiger partial charge in [0.05, 0.1) is 6.04 Å². The quantitative estimate of drug-likeness (QED) is 0.127. The predicted molar refractivity (Wildman–Crippen MR) is 268 cm³/mol.